The van der Waals surface area contributed by atoms with E-state index in [0.717, 1.165) is 18.9 Å². The van der Waals surface area contributed by atoms with Gasteiger partial charge in [0.2, 0.25) is 0 Å². The van der Waals surface area contributed by atoms with Gasteiger partial charge in [-0.25, -0.2) is 9.59 Å². The van der Waals surface area contributed by atoms with Crippen LogP contribution in [0.3, 0.4) is 0 Å². The second kappa shape index (κ2) is 11.4. The number of hydrogen-bond acceptors (Lipinski definition) is 6. The first-order valence-corrected chi connectivity index (χ1v) is 7.85. The lowest BCUT2D eigenvalue weighted by molar-refractivity contribution is -0.165. The molecular weight excluding hydrogens is 330 g/mol. The number of ether oxygens (including phenoxy) is 1. The van der Waals surface area contributed by atoms with Crippen LogP contribution in [-0.4, -0.2) is 63.8 Å². The van der Waals surface area contributed by atoms with Gasteiger partial charge in [-0.15, -0.1) is 0 Å². The summed E-state index contributed by atoms with van der Waals surface area (Å²) in [5, 5.41) is 35.9. The third-order valence-electron chi connectivity index (χ3n) is 3.24. The molecule has 0 spiro atoms. The van der Waals surface area contributed by atoms with E-state index in [-0.39, 0.29) is 0 Å². The number of aliphatic hydroxyl groups excluding tert-OH is 2. The quantitative estimate of drug-likeness (QED) is 0.455. The molecule has 0 aliphatic heterocycles. The van der Waals surface area contributed by atoms with Crippen molar-refractivity contribution in [2.45, 2.75) is 45.9 Å². The molecule has 142 valence electrons. The molecule has 1 rings (SSSR count). The average Bonchev–Trinajstić information content (AvgIpc) is 2.53. The predicted molar refractivity (Wildman–Crippen MR) is 91.8 cm³/mol. The number of carboxylic acids is 2. The highest BCUT2D eigenvalue weighted by atomic mass is 16.5. The molecule has 0 aliphatic carbocycles. The predicted octanol–water partition coefficient (Wildman–Crippen LogP) is 0.558. The molecule has 8 nitrogen and oxygen atoms in total. The summed E-state index contributed by atoms with van der Waals surface area (Å²) in [7, 11) is 0. The van der Waals surface area contributed by atoms with Crippen LogP contribution in [0.25, 0.3) is 0 Å². The summed E-state index contributed by atoms with van der Waals surface area (Å²) in [5.74, 6) is -2.51. The zero-order valence-electron chi connectivity index (χ0n) is 14.9. The Hall–Kier alpha value is -2.16. The van der Waals surface area contributed by atoms with Crippen LogP contribution in [-0.2, 0) is 9.59 Å². The fraction of sp³-hybridized carbons (Fsp3) is 0.529. The number of carbonyl (C=O) groups is 2. The Morgan fingerprint density at radius 3 is 1.88 bits per heavy atom. The highest BCUT2D eigenvalue weighted by Crippen LogP contribution is 2.22. The molecule has 5 N–H and O–H groups in total. The molecule has 0 aliphatic rings. The maximum absolute atomic E-state index is 9.77. The van der Waals surface area contributed by atoms with Crippen molar-refractivity contribution in [1.29, 1.82) is 0 Å². The first kappa shape index (κ1) is 22.8. The third kappa shape index (κ3) is 8.48. The van der Waals surface area contributed by atoms with Gasteiger partial charge in [0.1, 0.15) is 12.4 Å². The van der Waals surface area contributed by atoms with Crippen molar-refractivity contribution in [3.05, 3.63) is 29.3 Å². The molecule has 0 bridgehead atoms. The Labute approximate surface area is 147 Å². The molecule has 0 heterocycles. The van der Waals surface area contributed by atoms with E-state index in [9.17, 15) is 9.59 Å². The average molecular weight is 357 g/mol. The van der Waals surface area contributed by atoms with E-state index >= 15 is 0 Å². The lowest BCUT2D eigenvalue weighted by Gasteiger charge is -2.16. The van der Waals surface area contributed by atoms with E-state index in [2.05, 4.69) is 51.2 Å². The lowest BCUT2D eigenvalue weighted by Crippen LogP contribution is -2.39. The van der Waals surface area contributed by atoms with Crippen LogP contribution in [0.15, 0.2) is 18.2 Å². The van der Waals surface area contributed by atoms with Crippen molar-refractivity contribution in [3.63, 3.8) is 0 Å². The SMILES string of the molecule is CCN[C@H](C)COc1c(C)cccc1C.O=C(O)C(O)C(O)C(=O)O. The van der Waals surface area contributed by atoms with Crippen LogP contribution in [0, 0.1) is 13.8 Å². The Morgan fingerprint density at radius 2 is 1.52 bits per heavy atom. The summed E-state index contributed by atoms with van der Waals surface area (Å²) in [6, 6.07) is 6.63. The molecule has 0 amide bonds. The molecule has 1 aromatic carbocycles. The topological polar surface area (TPSA) is 136 Å². The molecule has 2 unspecified atom stereocenters. The summed E-state index contributed by atoms with van der Waals surface area (Å²) in [4.78, 5) is 19.5. The molecule has 25 heavy (non-hydrogen) atoms. The molecule has 3 atom stereocenters. The standard InChI is InChI=1S/C13H21NO.C4H6O6/c1-5-14-12(4)9-15-13-10(2)7-6-8-11(13)3;5-1(3(7)8)2(6)4(9)10/h6-8,12,14H,5,9H2,1-4H3;1-2,5-6H,(H,7,8)(H,9,10)/t12-;/m1./s1. The molecule has 0 saturated carbocycles. The number of aliphatic hydroxyl groups is 2. The third-order valence-corrected chi connectivity index (χ3v) is 3.24. The van der Waals surface area contributed by atoms with E-state index < -0.39 is 24.1 Å². The maximum atomic E-state index is 9.77. The van der Waals surface area contributed by atoms with Crippen molar-refractivity contribution in [1.82, 2.24) is 5.32 Å². The minimum atomic E-state index is -2.27. The van der Waals surface area contributed by atoms with Crippen molar-refractivity contribution in [2.75, 3.05) is 13.2 Å². The molecule has 0 aromatic heterocycles. The second-order valence-electron chi connectivity index (χ2n) is 5.56. The van der Waals surface area contributed by atoms with Crippen LogP contribution in [0.4, 0.5) is 0 Å². The number of aryl methyl sites for hydroxylation is 2. The highest BCUT2D eigenvalue weighted by molar-refractivity contribution is 5.83. The summed E-state index contributed by atoms with van der Waals surface area (Å²) < 4.78 is 5.82. The van der Waals surface area contributed by atoms with E-state index in [1.807, 2.05) is 0 Å². The Bertz CT molecular complexity index is 524. The molecule has 0 fully saturated rings. The van der Waals surface area contributed by atoms with E-state index in [1.54, 1.807) is 0 Å². The number of aliphatic carboxylic acids is 2. The Morgan fingerprint density at radius 1 is 1.08 bits per heavy atom. The summed E-state index contributed by atoms with van der Waals surface area (Å²) >= 11 is 0. The van der Waals surface area contributed by atoms with Crippen LogP contribution >= 0.6 is 0 Å². The van der Waals surface area contributed by atoms with Gasteiger partial charge in [-0.3, -0.25) is 0 Å². The second-order valence-corrected chi connectivity index (χ2v) is 5.56. The maximum Gasteiger partial charge on any atom is 0.335 e. The highest BCUT2D eigenvalue weighted by Gasteiger charge is 2.29. The molecule has 0 saturated heterocycles. The van der Waals surface area contributed by atoms with Gasteiger partial charge in [-0.1, -0.05) is 25.1 Å². The van der Waals surface area contributed by atoms with Crippen LogP contribution in [0.1, 0.15) is 25.0 Å². The fourth-order valence-corrected chi connectivity index (χ4v) is 1.91. The lowest BCUT2D eigenvalue weighted by atomic mass is 10.1. The first-order valence-electron chi connectivity index (χ1n) is 7.85. The minimum absolute atomic E-state index is 0.397. The zero-order chi connectivity index (χ0) is 19.6. The van der Waals surface area contributed by atoms with E-state index in [4.69, 9.17) is 25.2 Å². The number of nitrogens with one attached hydrogen (secondary N) is 1. The Balaban J connectivity index is 0.000000504. The number of likely N-dealkylation sites (N-methyl/N-ethyl adjacent to an activating group) is 1. The van der Waals surface area contributed by atoms with Crippen LogP contribution in [0.5, 0.6) is 5.75 Å². The van der Waals surface area contributed by atoms with E-state index in [0.29, 0.717) is 6.04 Å². The van der Waals surface area contributed by atoms with Crippen molar-refractivity contribution in [3.8, 4) is 5.75 Å². The van der Waals surface area contributed by atoms with Crippen molar-refractivity contribution < 1.29 is 34.8 Å². The number of benzene rings is 1. The molecule has 0 radical (unpaired) electrons. The summed E-state index contributed by atoms with van der Waals surface area (Å²) in [5.41, 5.74) is 2.41. The summed E-state index contributed by atoms with van der Waals surface area (Å²) in [6.45, 7) is 10.1. The van der Waals surface area contributed by atoms with Crippen molar-refractivity contribution >= 4 is 11.9 Å². The monoisotopic (exact) mass is 357 g/mol. The van der Waals surface area contributed by atoms with Gasteiger partial charge in [0.15, 0.2) is 12.2 Å². The normalized spacial score (nSPS) is 13.8. The first-order chi connectivity index (χ1) is 11.6. The van der Waals surface area contributed by atoms with Crippen LogP contribution in [0.2, 0.25) is 0 Å². The van der Waals surface area contributed by atoms with Gasteiger partial charge in [-0.2, -0.15) is 0 Å². The summed E-state index contributed by atoms with van der Waals surface area (Å²) in [6.07, 6.45) is -4.53. The minimum Gasteiger partial charge on any atom is -0.491 e. The zero-order valence-corrected chi connectivity index (χ0v) is 14.9. The largest absolute Gasteiger partial charge is 0.491 e. The molecular formula is C17H27NO7. The fourth-order valence-electron chi connectivity index (χ4n) is 1.91. The van der Waals surface area contributed by atoms with Gasteiger partial charge in [0, 0.05) is 6.04 Å². The number of rotatable bonds is 8. The van der Waals surface area contributed by atoms with Gasteiger partial charge < -0.3 is 30.5 Å². The number of carboxylic acid groups (broad SMARTS) is 2. The van der Waals surface area contributed by atoms with E-state index in [1.165, 1.54) is 11.1 Å². The van der Waals surface area contributed by atoms with Gasteiger partial charge in [0.25, 0.3) is 0 Å². The number of para-hydroxylation sites is 1. The van der Waals surface area contributed by atoms with Gasteiger partial charge in [-0.05, 0) is 38.4 Å². The van der Waals surface area contributed by atoms with Crippen LogP contribution < -0.4 is 10.1 Å². The Kier molecular flexibility index (Phi) is 10.4. The molecule has 1 aromatic rings. The molecule has 8 heteroatoms. The van der Waals surface area contributed by atoms with Crippen molar-refractivity contribution in [2.24, 2.45) is 0 Å². The van der Waals surface area contributed by atoms with Gasteiger partial charge in [0.05, 0.1) is 0 Å². The van der Waals surface area contributed by atoms with Gasteiger partial charge >= 0.3 is 11.9 Å². The smallest absolute Gasteiger partial charge is 0.335 e. The number of hydrogen-bond donors (Lipinski definition) is 5.